The summed E-state index contributed by atoms with van der Waals surface area (Å²) < 4.78 is 0. The smallest absolute Gasteiger partial charge is 0.303 e. The van der Waals surface area contributed by atoms with Gasteiger partial charge in [-0.15, -0.1) is 0 Å². The lowest BCUT2D eigenvalue weighted by Gasteiger charge is -1.99. The molecule has 0 saturated heterocycles. The largest absolute Gasteiger partial charge is 0.508 e. The van der Waals surface area contributed by atoms with Crippen LogP contribution in [0.2, 0.25) is 0 Å². The zero-order chi connectivity index (χ0) is 19.4. The number of carboxylic acid groups (broad SMARTS) is 2. The molecule has 140 valence electrons. The summed E-state index contributed by atoms with van der Waals surface area (Å²) in [6, 6.07) is 15.0. The highest BCUT2D eigenvalue weighted by atomic mass is 16.4. The second-order valence-electron chi connectivity index (χ2n) is 6.15. The molecule has 0 heterocycles. The van der Waals surface area contributed by atoms with Crippen molar-refractivity contribution < 1.29 is 24.9 Å². The molecule has 3 N–H and O–H groups in total. The molecule has 0 aliphatic carbocycles. The average Bonchev–Trinajstić information content (AvgIpc) is 2.58. The van der Waals surface area contributed by atoms with Crippen molar-refractivity contribution >= 4 is 11.9 Å². The van der Waals surface area contributed by atoms with E-state index in [9.17, 15) is 9.59 Å². The molecule has 0 aliphatic rings. The lowest BCUT2D eigenvalue weighted by molar-refractivity contribution is -0.138. The highest BCUT2D eigenvalue weighted by molar-refractivity contribution is 5.66. The van der Waals surface area contributed by atoms with Crippen molar-refractivity contribution in [1.82, 2.24) is 0 Å². The molecule has 0 saturated carbocycles. The molecule has 2 rings (SSSR count). The fraction of sp³-hybridized carbons (Fsp3) is 0.333. The quantitative estimate of drug-likeness (QED) is 0.657. The van der Waals surface area contributed by atoms with E-state index >= 15 is 0 Å². The summed E-state index contributed by atoms with van der Waals surface area (Å²) in [5, 5.41) is 25.8. The summed E-state index contributed by atoms with van der Waals surface area (Å²) in [5.74, 6) is -1.24. The fourth-order valence-corrected chi connectivity index (χ4v) is 2.30. The Morgan fingerprint density at radius 2 is 1.12 bits per heavy atom. The zero-order valence-electron chi connectivity index (χ0n) is 15.0. The molecule has 0 fully saturated rings. The summed E-state index contributed by atoms with van der Waals surface area (Å²) in [6.07, 6.45) is 3.41. The zero-order valence-corrected chi connectivity index (χ0v) is 15.0. The Morgan fingerprint density at radius 1 is 0.731 bits per heavy atom. The molecule has 0 bridgehead atoms. The number of aromatic hydroxyl groups is 1. The van der Waals surface area contributed by atoms with Crippen LogP contribution in [0.1, 0.15) is 42.4 Å². The van der Waals surface area contributed by atoms with Crippen molar-refractivity contribution in [2.75, 3.05) is 0 Å². The molecule has 5 nitrogen and oxygen atoms in total. The Morgan fingerprint density at radius 3 is 1.50 bits per heavy atom. The highest BCUT2D eigenvalue weighted by Gasteiger charge is 1.98. The van der Waals surface area contributed by atoms with Gasteiger partial charge in [-0.1, -0.05) is 42.0 Å². The van der Waals surface area contributed by atoms with Gasteiger partial charge in [-0.2, -0.15) is 0 Å². The molecule has 0 spiro atoms. The van der Waals surface area contributed by atoms with Crippen LogP contribution in [0.5, 0.6) is 5.75 Å². The van der Waals surface area contributed by atoms with Gasteiger partial charge in [0.1, 0.15) is 5.75 Å². The number of carboxylic acids is 2. The van der Waals surface area contributed by atoms with Gasteiger partial charge in [0.15, 0.2) is 0 Å². The first-order chi connectivity index (χ1) is 12.4. The molecule has 0 unspecified atom stereocenters. The van der Waals surface area contributed by atoms with Crippen LogP contribution in [-0.4, -0.2) is 27.3 Å². The normalized spacial score (nSPS) is 9.88. The first kappa shape index (κ1) is 21.2. The maximum Gasteiger partial charge on any atom is 0.303 e. The summed E-state index contributed by atoms with van der Waals surface area (Å²) in [6.45, 7) is 2.04. The first-order valence-electron chi connectivity index (χ1n) is 8.64. The topological polar surface area (TPSA) is 94.8 Å². The molecule has 2 aromatic carbocycles. The third-order valence-corrected chi connectivity index (χ3v) is 3.77. The molecule has 0 aliphatic heterocycles. The van der Waals surface area contributed by atoms with Crippen molar-refractivity contribution in [3.8, 4) is 5.75 Å². The van der Waals surface area contributed by atoms with Crippen molar-refractivity contribution in [2.24, 2.45) is 0 Å². The van der Waals surface area contributed by atoms with Crippen molar-refractivity contribution in [3.63, 3.8) is 0 Å². The highest BCUT2D eigenvalue weighted by Crippen LogP contribution is 2.11. The molecule has 5 heteroatoms. The maximum absolute atomic E-state index is 10.2. The van der Waals surface area contributed by atoms with Crippen LogP contribution in [0.15, 0.2) is 48.5 Å². The Bertz CT molecular complexity index is 613. The van der Waals surface area contributed by atoms with E-state index in [2.05, 4.69) is 24.3 Å². The molecule has 0 radical (unpaired) electrons. The summed E-state index contributed by atoms with van der Waals surface area (Å²) in [5.41, 5.74) is 3.51. The van der Waals surface area contributed by atoms with E-state index in [-0.39, 0.29) is 18.6 Å². The van der Waals surface area contributed by atoms with Gasteiger partial charge in [-0.05, 0) is 55.9 Å². The van der Waals surface area contributed by atoms with Gasteiger partial charge in [-0.25, -0.2) is 0 Å². The average molecular weight is 358 g/mol. The third kappa shape index (κ3) is 10.1. The van der Waals surface area contributed by atoms with Crippen molar-refractivity contribution in [3.05, 3.63) is 65.2 Å². The number of hydrogen-bond donors (Lipinski definition) is 3. The summed E-state index contributed by atoms with van der Waals surface area (Å²) >= 11 is 0. The number of phenolic OH excluding ortho intramolecular Hbond substituents is 1. The van der Waals surface area contributed by atoms with Crippen LogP contribution in [0.3, 0.4) is 0 Å². The molecule has 0 atom stereocenters. The second-order valence-corrected chi connectivity index (χ2v) is 6.15. The third-order valence-electron chi connectivity index (χ3n) is 3.77. The van der Waals surface area contributed by atoms with E-state index in [1.807, 2.05) is 6.92 Å². The van der Waals surface area contributed by atoms with E-state index < -0.39 is 11.9 Å². The number of carbonyl (C=O) groups is 2. The minimum atomic E-state index is -0.765. The molecule has 0 aromatic heterocycles. The number of phenols is 1. The van der Waals surface area contributed by atoms with E-state index in [0.717, 1.165) is 24.8 Å². The van der Waals surface area contributed by atoms with Gasteiger partial charge >= 0.3 is 11.9 Å². The molecular formula is C21H26O5. The molecule has 2 aromatic rings. The Balaban J connectivity index is 0.000000260. The van der Waals surface area contributed by atoms with Crippen LogP contribution in [0.25, 0.3) is 0 Å². The van der Waals surface area contributed by atoms with Crippen molar-refractivity contribution in [1.29, 1.82) is 0 Å². The number of aliphatic carboxylic acids is 2. The number of benzene rings is 2. The summed E-state index contributed by atoms with van der Waals surface area (Å²) in [4.78, 5) is 20.4. The van der Waals surface area contributed by atoms with Crippen molar-refractivity contribution in [2.45, 2.75) is 45.4 Å². The van der Waals surface area contributed by atoms with Crippen LogP contribution in [0.4, 0.5) is 0 Å². The standard InChI is InChI=1S/C11H14O2.C10H12O3/c1-9-5-7-10(8-6-9)3-2-4-11(12)13;11-9-6-4-8(5-7-9)2-1-3-10(12)13/h5-8H,2-4H2,1H3,(H,12,13);4-7,11H,1-3H2,(H,12,13). The number of aryl methyl sites for hydroxylation is 3. The SMILES string of the molecule is Cc1ccc(CCCC(=O)O)cc1.O=C(O)CCCc1ccc(O)cc1. The molecular weight excluding hydrogens is 332 g/mol. The van der Waals surface area contributed by atoms with Crippen LogP contribution >= 0.6 is 0 Å². The van der Waals surface area contributed by atoms with E-state index in [1.165, 1.54) is 11.1 Å². The minimum Gasteiger partial charge on any atom is -0.508 e. The van der Waals surface area contributed by atoms with Crippen LogP contribution in [-0.2, 0) is 22.4 Å². The van der Waals surface area contributed by atoms with Gasteiger partial charge in [0.2, 0.25) is 0 Å². The first-order valence-corrected chi connectivity index (χ1v) is 8.64. The summed E-state index contributed by atoms with van der Waals surface area (Å²) in [7, 11) is 0. The Labute approximate surface area is 153 Å². The predicted molar refractivity (Wildman–Crippen MR) is 100 cm³/mol. The maximum atomic E-state index is 10.2. The van der Waals surface area contributed by atoms with Gasteiger partial charge in [0.05, 0.1) is 0 Å². The number of rotatable bonds is 8. The fourth-order valence-electron chi connectivity index (χ4n) is 2.30. The molecule has 0 amide bonds. The van der Waals surface area contributed by atoms with Gasteiger partial charge < -0.3 is 15.3 Å². The van der Waals surface area contributed by atoms with E-state index in [4.69, 9.17) is 15.3 Å². The molecule has 26 heavy (non-hydrogen) atoms. The van der Waals surface area contributed by atoms with Gasteiger partial charge in [-0.3, -0.25) is 9.59 Å². The minimum absolute atomic E-state index is 0.195. The van der Waals surface area contributed by atoms with Gasteiger partial charge in [0.25, 0.3) is 0 Å². The number of hydrogen-bond acceptors (Lipinski definition) is 3. The Kier molecular flexibility index (Phi) is 9.54. The monoisotopic (exact) mass is 358 g/mol. The lowest BCUT2D eigenvalue weighted by atomic mass is 10.1. The van der Waals surface area contributed by atoms with E-state index in [1.54, 1.807) is 24.3 Å². The van der Waals surface area contributed by atoms with Crippen LogP contribution < -0.4 is 0 Å². The second kappa shape index (κ2) is 11.7. The van der Waals surface area contributed by atoms with E-state index in [0.29, 0.717) is 6.42 Å². The predicted octanol–water partition coefficient (Wildman–Crippen LogP) is 4.20. The Hall–Kier alpha value is -2.82. The van der Waals surface area contributed by atoms with Crippen LogP contribution in [0, 0.1) is 6.92 Å². The van der Waals surface area contributed by atoms with Gasteiger partial charge in [0, 0.05) is 12.8 Å². The lowest BCUT2D eigenvalue weighted by Crippen LogP contribution is -1.95.